The number of pyridine rings is 1. The number of halogens is 3. The highest BCUT2D eigenvalue weighted by Crippen LogP contribution is 2.33. The van der Waals surface area contributed by atoms with Crippen molar-refractivity contribution in [3.63, 3.8) is 0 Å². The molecule has 0 fully saturated rings. The molecule has 10 heteroatoms. The van der Waals surface area contributed by atoms with Crippen molar-refractivity contribution in [3.05, 3.63) is 66.0 Å². The van der Waals surface area contributed by atoms with Crippen molar-refractivity contribution in [2.45, 2.75) is 26.1 Å². The SMILES string of the molecule is Nc1ncc2cc1OCc1cc(F)ccc1-c1nccn1Cc1cnn(CC(F)F)c1-2. The van der Waals surface area contributed by atoms with Crippen molar-refractivity contribution in [1.82, 2.24) is 24.3 Å². The van der Waals surface area contributed by atoms with Gasteiger partial charge in [-0.1, -0.05) is 0 Å². The van der Waals surface area contributed by atoms with E-state index < -0.39 is 18.8 Å². The van der Waals surface area contributed by atoms with Gasteiger partial charge >= 0.3 is 0 Å². The van der Waals surface area contributed by atoms with Crippen LogP contribution in [-0.2, 0) is 19.7 Å². The van der Waals surface area contributed by atoms with Crippen LogP contribution in [0.25, 0.3) is 22.6 Å². The number of rotatable bonds is 2. The Hall–Kier alpha value is -3.82. The molecule has 2 N–H and O–H groups in total. The molecule has 0 saturated heterocycles. The first-order valence-corrected chi connectivity index (χ1v) is 9.51. The van der Waals surface area contributed by atoms with Crippen molar-refractivity contribution in [3.8, 4) is 28.4 Å². The highest BCUT2D eigenvalue weighted by molar-refractivity contribution is 5.68. The zero-order chi connectivity index (χ0) is 21.5. The summed E-state index contributed by atoms with van der Waals surface area (Å²) < 4.78 is 49.3. The maximum absolute atomic E-state index is 14.0. The first-order chi connectivity index (χ1) is 15.0. The average Bonchev–Trinajstić information content (AvgIpc) is 3.34. The Labute approximate surface area is 174 Å². The lowest BCUT2D eigenvalue weighted by Crippen LogP contribution is -2.12. The van der Waals surface area contributed by atoms with Crippen LogP contribution in [0.1, 0.15) is 11.1 Å². The second-order valence-corrected chi connectivity index (χ2v) is 7.17. The van der Waals surface area contributed by atoms with Gasteiger partial charge in [-0.3, -0.25) is 4.68 Å². The Bertz CT molecular complexity index is 1270. The molecular weight excluding hydrogens is 409 g/mol. The number of hydrogen-bond acceptors (Lipinski definition) is 5. The van der Waals surface area contributed by atoms with E-state index in [9.17, 15) is 13.2 Å². The summed E-state index contributed by atoms with van der Waals surface area (Å²) in [6.45, 7) is -0.210. The van der Waals surface area contributed by atoms with E-state index in [0.29, 0.717) is 40.3 Å². The van der Waals surface area contributed by atoms with Crippen LogP contribution >= 0.6 is 0 Å². The Kier molecular flexibility index (Phi) is 4.61. The second kappa shape index (κ2) is 7.46. The number of nitrogen functional groups attached to an aromatic ring is 1. The third-order valence-corrected chi connectivity index (χ3v) is 5.13. The molecule has 7 nitrogen and oxygen atoms in total. The monoisotopic (exact) mass is 426 g/mol. The van der Waals surface area contributed by atoms with Gasteiger partial charge in [0.15, 0.2) is 11.6 Å². The smallest absolute Gasteiger partial charge is 0.257 e. The summed E-state index contributed by atoms with van der Waals surface area (Å²) in [5, 5.41) is 4.17. The number of nitrogens with two attached hydrogens (primary N) is 1. The van der Waals surface area contributed by atoms with Gasteiger partial charge in [0.1, 0.15) is 24.8 Å². The third kappa shape index (κ3) is 3.49. The summed E-state index contributed by atoms with van der Waals surface area (Å²) in [4.78, 5) is 8.60. The molecule has 1 aliphatic heterocycles. The van der Waals surface area contributed by atoms with Crippen LogP contribution in [0.4, 0.5) is 19.0 Å². The van der Waals surface area contributed by atoms with E-state index >= 15 is 0 Å². The Morgan fingerprint density at radius 3 is 2.84 bits per heavy atom. The van der Waals surface area contributed by atoms with Gasteiger partial charge in [-0.25, -0.2) is 23.1 Å². The predicted octanol–water partition coefficient (Wildman–Crippen LogP) is 3.74. The van der Waals surface area contributed by atoms with Gasteiger partial charge in [0.05, 0.1) is 18.4 Å². The van der Waals surface area contributed by atoms with Crippen molar-refractivity contribution in [1.29, 1.82) is 0 Å². The Balaban J connectivity index is 1.73. The molecule has 31 heavy (non-hydrogen) atoms. The molecule has 0 atom stereocenters. The van der Waals surface area contributed by atoms with Crippen LogP contribution in [0.2, 0.25) is 0 Å². The lowest BCUT2D eigenvalue weighted by atomic mass is 10.1. The summed E-state index contributed by atoms with van der Waals surface area (Å²) in [6.07, 6.45) is 3.88. The fourth-order valence-electron chi connectivity index (χ4n) is 3.76. The van der Waals surface area contributed by atoms with Gasteiger partial charge in [-0.2, -0.15) is 5.10 Å². The Morgan fingerprint density at radius 1 is 1.13 bits per heavy atom. The van der Waals surface area contributed by atoms with Crippen LogP contribution in [0, 0.1) is 5.82 Å². The molecule has 1 aromatic carbocycles. The summed E-state index contributed by atoms with van der Waals surface area (Å²) in [5.41, 5.74) is 8.98. The van der Waals surface area contributed by atoms with E-state index in [1.165, 1.54) is 23.0 Å². The molecule has 4 heterocycles. The zero-order valence-electron chi connectivity index (χ0n) is 16.2. The predicted molar refractivity (Wildman–Crippen MR) is 107 cm³/mol. The van der Waals surface area contributed by atoms with E-state index in [4.69, 9.17) is 10.5 Å². The molecule has 5 rings (SSSR count). The molecule has 1 aliphatic rings. The van der Waals surface area contributed by atoms with Gasteiger partial charge in [0.25, 0.3) is 6.43 Å². The first-order valence-electron chi connectivity index (χ1n) is 9.51. The van der Waals surface area contributed by atoms with Crippen LogP contribution in [0.3, 0.4) is 0 Å². The Morgan fingerprint density at radius 2 is 2.00 bits per heavy atom. The van der Waals surface area contributed by atoms with Gasteiger partial charge in [0, 0.05) is 40.8 Å². The topological polar surface area (TPSA) is 83.8 Å². The standard InChI is InChI=1S/C21H17F3N6O/c22-15-1-2-16-13(5-15)11-31-17-6-12(7-27-20(17)25)19-14(8-28-30(19)10-18(23)24)9-29-4-3-26-21(16)29/h1-8,18H,9-11H2,(H2,25,27). The normalized spacial score (nSPS) is 12.9. The maximum Gasteiger partial charge on any atom is 0.257 e. The van der Waals surface area contributed by atoms with E-state index in [1.54, 1.807) is 30.7 Å². The maximum atomic E-state index is 14.0. The number of aromatic nitrogens is 5. The number of anilines is 1. The van der Waals surface area contributed by atoms with Crippen LogP contribution in [0.5, 0.6) is 5.75 Å². The molecular formula is C21H17F3N6O. The first kappa shape index (κ1) is 19.2. The van der Waals surface area contributed by atoms with Gasteiger partial charge in [0.2, 0.25) is 0 Å². The lowest BCUT2D eigenvalue weighted by molar-refractivity contribution is 0.122. The van der Waals surface area contributed by atoms with Crippen molar-refractivity contribution < 1.29 is 17.9 Å². The van der Waals surface area contributed by atoms with Crippen LogP contribution < -0.4 is 10.5 Å². The van der Waals surface area contributed by atoms with Crippen molar-refractivity contribution in [2.24, 2.45) is 0 Å². The second-order valence-electron chi connectivity index (χ2n) is 7.17. The molecule has 4 aromatic rings. The number of ether oxygens (including phenoxy) is 1. The van der Waals surface area contributed by atoms with Gasteiger partial charge in [-0.15, -0.1) is 0 Å². The van der Waals surface area contributed by atoms with E-state index in [1.807, 2.05) is 4.57 Å². The molecule has 0 unspecified atom stereocenters. The fraction of sp³-hybridized carbons (Fsp3) is 0.190. The van der Waals surface area contributed by atoms with E-state index in [0.717, 1.165) is 0 Å². The minimum absolute atomic E-state index is 0.0262. The molecule has 0 radical (unpaired) electrons. The minimum atomic E-state index is -2.58. The summed E-state index contributed by atoms with van der Waals surface area (Å²) >= 11 is 0. The largest absolute Gasteiger partial charge is 0.485 e. The van der Waals surface area contributed by atoms with Gasteiger partial charge < -0.3 is 15.0 Å². The fourth-order valence-corrected chi connectivity index (χ4v) is 3.76. The molecule has 3 aromatic heterocycles. The van der Waals surface area contributed by atoms with Crippen LogP contribution in [-0.4, -0.2) is 30.7 Å². The lowest BCUT2D eigenvalue weighted by Gasteiger charge is -2.17. The zero-order valence-corrected chi connectivity index (χ0v) is 16.2. The molecule has 0 aliphatic carbocycles. The third-order valence-electron chi connectivity index (χ3n) is 5.13. The van der Waals surface area contributed by atoms with Crippen LogP contribution in [0.15, 0.2) is 49.1 Å². The summed E-state index contributed by atoms with van der Waals surface area (Å²) in [5.74, 6) is 0.610. The summed E-state index contributed by atoms with van der Waals surface area (Å²) in [7, 11) is 0. The number of benzene rings is 1. The molecule has 158 valence electrons. The number of nitrogens with zero attached hydrogens (tertiary/aromatic N) is 5. The molecule has 2 bridgehead atoms. The summed E-state index contributed by atoms with van der Waals surface area (Å²) in [6, 6.07) is 6.02. The quantitative estimate of drug-likeness (QED) is 0.528. The molecule has 0 saturated carbocycles. The molecule has 0 spiro atoms. The van der Waals surface area contributed by atoms with E-state index in [2.05, 4.69) is 15.1 Å². The highest BCUT2D eigenvalue weighted by Gasteiger charge is 2.21. The number of hydrogen-bond donors (Lipinski definition) is 1. The van der Waals surface area contributed by atoms with Gasteiger partial charge in [-0.05, 0) is 24.3 Å². The number of fused-ring (bicyclic) bond motifs is 7. The van der Waals surface area contributed by atoms with Crippen molar-refractivity contribution >= 4 is 5.82 Å². The molecule has 0 amide bonds. The van der Waals surface area contributed by atoms with E-state index in [-0.39, 0.29) is 18.2 Å². The number of imidazole rings is 1. The highest BCUT2D eigenvalue weighted by atomic mass is 19.3. The number of alkyl halides is 2. The minimum Gasteiger partial charge on any atom is -0.485 e. The average molecular weight is 426 g/mol. The van der Waals surface area contributed by atoms with Crippen molar-refractivity contribution in [2.75, 3.05) is 5.73 Å².